The minimum Gasteiger partial charge on any atom is -0.492 e. The van der Waals surface area contributed by atoms with Gasteiger partial charge in [-0.25, -0.2) is 0 Å². The standard InChI is InChI=1S/C19H26N2O2.ClH/c22-19(16-11-15-3-1-2-4-18(15)23-13-16)21-9-7-17(8-10-21)20-12-14-5-6-14;/h1-4,14,16-17,20H,5-13H2;1H. The monoisotopic (exact) mass is 350 g/mol. The molecule has 0 radical (unpaired) electrons. The highest BCUT2D eigenvalue weighted by atomic mass is 35.5. The van der Waals surface area contributed by atoms with Crippen LogP contribution in [0.2, 0.25) is 0 Å². The maximum atomic E-state index is 12.8. The van der Waals surface area contributed by atoms with Crippen LogP contribution in [0, 0.1) is 11.8 Å². The van der Waals surface area contributed by atoms with Crippen LogP contribution < -0.4 is 10.1 Å². The number of hydrogen-bond donors (Lipinski definition) is 1. The Morgan fingerprint density at radius 2 is 1.92 bits per heavy atom. The predicted octanol–water partition coefficient (Wildman–Crippen LogP) is 2.65. The van der Waals surface area contributed by atoms with Crippen molar-refractivity contribution >= 4 is 18.3 Å². The molecule has 0 aromatic heterocycles. The first kappa shape index (κ1) is 17.6. The first-order valence-electron chi connectivity index (χ1n) is 9.02. The van der Waals surface area contributed by atoms with E-state index in [1.165, 1.54) is 19.4 Å². The highest BCUT2D eigenvalue weighted by Crippen LogP contribution is 2.29. The fraction of sp³-hybridized carbons (Fsp3) is 0.632. The lowest BCUT2D eigenvalue weighted by Gasteiger charge is -2.35. The first-order valence-corrected chi connectivity index (χ1v) is 9.02. The first-order chi connectivity index (χ1) is 11.3. The number of ether oxygens (including phenoxy) is 1. The van der Waals surface area contributed by atoms with Gasteiger partial charge in [-0.15, -0.1) is 12.4 Å². The van der Waals surface area contributed by atoms with E-state index in [1.54, 1.807) is 0 Å². The van der Waals surface area contributed by atoms with Gasteiger partial charge in [-0.1, -0.05) is 18.2 Å². The smallest absolute Gasteiger partial charge is 0.229 e. The van der Waals surface area contributed by atoms with Crippen LogP contribution in [0.15, 0.2) is 24.3 Å². The van der Waals surface area contributed by atoms with Crippen LogP contribution in [-0.2, 0) is 11.2 Å². The van der Waals surface area contributed by atoms with E-state index in [0.29, 0.717) is 12.6 Å². The van der Waals surface area contributed by atoms with Gasteiger partial charge in [-0.3, -0.25) is 4.79 Å². The summed E-state index contributed by atoms with van der Waals surface area (Å²) >= 11 is 0. The zero-order valence-electron chi connectivity index (χ0n) is 14.1. The van der Waals surface area contributed by atoms with Crippen molar-refractivity contribution in [2.45, 2.75) is 38.1 Å². The molecule has 5 heteroatoms. The molecule has 1 saturated carbocycles. The van der Waals surface area contributed by atoms with Crippen LogP contribution in [-0.4, -0.2) is 43.1 Å². The van der Waals surface area contributed by atoms with Crippen molar-refractivity contribution in [2.75, 3.05) is 26.2 Å². The molecular formula is C19H27ClN2O2. The number of rotatable bonds is 4. The Kier molecular flexibility index (Phi) is 5.67. The Bertz CT molecular complexity index is 568. The number of hydrogen-bond acceptors (Lipinski definition) is 3. The Morgan fingerprint density at radius 1 is 1.17 bits per heavy atom. The summed E-state index contributed by atoms with van der Waals surface area (Å²) in [6.45, 7) is 3.47. The quantitative estimate of drug-likeness (QED) is 0.907. The van der Waals surface area contributed by atoms with Crippen molar-refractivity contribution in [1.82, 2.24) is 10.2 Å². The average molecular weight is 351 g/mol. The summed E-state index contributed by atoms with van der Waals surface area (Å²) in [6.07, 6.45) is 5.78. The van der Waals surface area contributed by atoms with Gasteiger partial charge in [-0.05, 0) is 56.2 Å². The van der Waals surface area contributed by atoms with Crippen molar-refractivity contribution in [3.8, 4) is 5.75 Å². The van der Waals surface area contributed by atoms with Gasteiger partial charge in [0, 0.05) is 19.1 Å². The molecule has 1 aromatic carbocycles. The number of carbonyl (C=O) groups is 1. The molecule has 132 valence electrons. The molecule has 2 fully saturated rings. The molecule has 1 saturated heterocycles. The van der Waals surface area contributed by atoms with Crippen molar-refractivity contribution in [2.24, 2.45) is 11.8 Å². The van der Waals surface area contributed by atoms with Crippen molar-refractivity contribution in [3.63, 3.8) is 0 Å². The molecule has 1 amide bonds. The number of fused-ring (bicyclic) bond motifs is 1. The summed E-state index contributed by atoms with van der Waals surface area (Å²) in [5, 5.41) is 3.67. The van der Waals surface area contributed by atoms with Crippen molar-refractivity contribution < 1.29 is 9.53 Å². The number of carbonyl (C=O) groups excluding carboxylic acids is 1. The van der Waals surface area contributed by atoms with Crippen LogP contribution in [0.5, 0.6) is 5.75 Å². The molecule has 24 heavy (non-hydrogen) atoms. The number of nitrogens with zero attached hydrogens (tertiary/aromatic N) is 1. The second-order valence-electron chi connectivity index (χ2n) is 7.27. The van der Waals surface area contributed by atoms with Crippen LogP contribution in [0.1, 0.15) is 31.2 Å². The highest BCUT2D eigenvalue weighted by molar-refractivity contribution is 5.85. The maximum absolute atomic E-state index is 12.8. The lowest BCUT2D eigenvalue weighted by Crippen LogP contribution is -2.48. The normalized spacial score (nSPS) is 23.8. The minimum atomic E-state index is -0.0131. The number of para-hydroxylation sites is 1. The van der Waals surface area contributed by atoms with E-state index in [4.69, 9.17) is 4.74 Å². The summed E-state index contributed by atoms with van der Waals surface area (Å²) in [5.41, 5.74) is 1.16. The summed E-state index contributed by atoms with van der Waals surface area (Å²) in [5.74, 6) is 2.13. The molecule has 1 N–H and O–H groups in total. The molecule has 2 aliphatic heterocycles. The zero-order chi connectivity index (χ0) is 15.6. The fourth-order valence-electron chi connectivity index (χ4n) is 3.70. The third-order valence-electron chi connectivity index (χ3n) is 5.43. The van der Waals surface area contributed by atoms with E-state index >= 15 is 0 Å². The third-order valence-corrected chi connectivity index (χ3v) is 5.43. The van der Waals surface area contributed by atoms with Gasteiger partial charge in [0.25, 0.3) is 0 Å². The van der Waals surface area contributed by atoms with Gasteiger partial charge < -0.3 is 15.0 Å². The number of benzene rings is 1. The highest BCUT2D eigenvalue weighted by Gasteiger charge is 2.32. The van der Waals surface area contributed by atoms with E-state index in [1.807, 2.05) is 18.2 Å². The van der Waals surface area contributed by atoms with Gasteiger partial charge in [0.2, 0.25) is 5.91 Å². The maximum Gasteiger partial charge on any atom is 0.229 e. The summed E-state index contributed by atoms with van der Waals surface area (Å²) in [4.78, 5) is 14.8. The van der Waals surface area contributed by atoms with Gasteiger partial charge in [0.15, 0.2) is 0 Å². The largest absolute Gasteiger partial charge is 0.492 e. The number of amides is 1. The van der Waals surface area contributed by atoms with Gasteiger partial charge in [0.05, 0.1) is 5.92 Å². The molecule has 0 bridgehead atoms. The van der Waals surface area contributed by atoms with E-state index in [9.17, 15) is 4.79 Å². The topological polar surface area (TPSA) is 41.6 Å². The van der Waals surface area contributed by atoms with E-state index < -0.39 is 0 Å². The van der Waals surface area contributed by atoms with Crippen molar-refractivity contribution in [3.05, 3.63) is 29.8 Å². The molecule has 4 rings (SSSR count). The minimum absolute atomic E-state index is 0. The van der Waals surface area contributed by atoms with Gasteiger partial charge >= 0.3 is 0 Å². The van der Waals surface area contributed by atoms with E-state index in [0.717, 1.165) is 49.6 Å². The lowest BCUT2D eigenvalue weighted by atomic mass is 9.94. The summed E-state index contributed by atoms with van der Waals surface area (Å²) in [6, 6.07) is 8.67. The van der Waals surface area contributed by atoms with Crippen LogP contribution >= 0.6 is 12.4 Å². The third kappa shape index (κ3) is 4.04. The van der Waals surface area contributed by atoms with Crippen LogP contribution in [0.4, 0.5) is 0 Å². The second kappa shape index (κ2) is 7.75. The molecule has 1 aliphatic carbocycles. The number of piperidine rings is 1. The van der Waals surface area contributed by atoms with Gasteiger partial charge in [-0.2, -0.15) is 0 Å². The van der Waals surface area contributed by atoms with E-state index in [-0.39, 0.29) is 24.2 Å². The number of likely N-dealkylation sites (tertiary alicyclic amines) is 1. The van der Waals surface area contributed by atoms with Gasteiger partial charge in [0.1, 0.15) is 12.4 Å². The Labute approximate surface area is 150 Å². The second-order valence-corrected chi connectivity index (χ2v) is 7.27. The molecule has 1 atom stereocenters. The molecule has 3 aliphatic rings. The fourth-order valence-corrected chi connectivity index (χ4v) is 3.70. The molecule has 1 aromatic rings. The Balaban J connectivity index is 0.00000169. The molecule has 2 heterocycles. The number of halogens is 1. The molecule has 1 unspecified atom stereocenters. The van der Waals surface area contributed by atoms with Crippen molar-refractivity contribution in [1.29, 1.82) is 0 Å². The Hall–Kier alpha value is -1.26. The number of nitrogens with one attached hydrogen (secondary N) is 1. The predicted molar refractivity (Wildman–Crippen MR) is 96.7 cm³/mol. The summed E-state index contributed by atoms with van der Waals surface area (Å²) in [7, 11) is 0. The Morgan fingerprint density at radius 3 is 2.67 bits per heavy atom. The SMILES string of the molecule is Cl.O=C(C1COc2ccccc2C1)N1CCC(NCC2CC2)CC1. The zero-order valence-corrected chi connectivity index (χ0v) is 14.9. The molecule has 0 spiro atoms. The molecular weight excluding hydrogens is 324 g/mol. The summed E-state index contributed by atoms with van der Waals surface area (Å²) < 4.78 is 5.78. The van der Waals surface area contributed by atoms with E-state index in [2.05, 4.69) is 16.3 Å². The lowest BCUT2D eigenvalue weighted by molar-refractivity contribution is -0.138. The van der Waals surface area contributed by atoms with Crippen LogP contribution in [0.3, 0.4) is 0 Å². The molecule has 4 nitrogen and oxygen atoms in total. The average Bonchev–Trinajstić information content (AvgIpc) is 3.44. The van der Waals surface area contributed by atoms with Crippen LogP contribution in [0.25, 0.3) is 0 Å².